The summed E-state index contributed by atoms with van der Waals surface area (Å²) in [6.45, 7) is 0.606. The molecular formula is C21H36O2S. The predicted octanol–water partition coefficient (Wildman–Crippen LogP) is 6.27. The molecule has 1 aliphatic carbocycles. The molecule has 0 fully saturated rings. The standard InChI is InChI=1S/C21H36O2S/c22-21(17-11-10-16-20-14-8-9-15-20)23-18-12-6-4-2-1-3-5-7-13-19-24/h8-9,14-15,20,24H,1-7,10-13,16-19H2. The summed E-state index contributed by atoms with van der Waals surface area (Å²) in [5, 5.41) is 0. The van der Waals surface area contributed by atoms with E-state index in [1.54, 1.807) is 0 Å². The molecular weight excluding hydrogens is 316 g/mol. The van der Waals surface area contributed by atoms with E-state index in [0.29, 0.717) is 18.9 Å². The summed E-state index contributed by atoms with van der Waals surface area (Å²) in [4.78, 5) is 11.6. The van der Waals surface area contributed by atoms with Crippen molar-refractivity contribution in [2.24, 2.45) is 5.92 Å². The number of thiol groups is 1. The number of hydrogen-bond acceptors (Lipinski definition) is 3. The molecule has 0 heterocycles. The molecule has 0 amide bonds. The molecule has 0 spiro atoms. The van der Waals surface area contributed by atoms with Gasteiger partial charge >= 0.3 is 5.97 Å². The van der Waals surface area contributed by atoms with Crippen molar-refractivity contribution >= 4 is 18.6 Å². The Hall–Kier alpha value is -0.700. The molecule has 24 heavy (non-hydrogen) atoms. The lowest BCUT2D eigenvalue weighted by Crippen LogP contribution is -2.05. The summed E-state index contributed by atoms with van der Waals surface area (Å²) in [7, 11) is 0. The number of ether oxygens (including phenoxy) is 1. The van der Waals surface area contributed by atoms with Crippen LogP contribution in [0.3, 0.4) is 0 Å². The number of hydrogen-bond donors (Lipinski definition) is 1. The monoisotopic (exact) mass is 352 g/mol. The Balaban J connectivity index is 1.76. The Morgan fingerprint density at radius 3 is 2.00 bits per heavy atom. The van der Waals surface area contributed by atoms with E-state index in [1.165, 1.54) is 51.4 Å². The topological polar surface area (TPSA) is 26.3 Å². The molecule has 0 aromatic heterocycles. The highest BCUT2D eigenvalue weighted by Crippen LogP contribution is 2.17. The maximum atomic E-state index is 11.6. The Morgan fingerprint density at radius 2 is 1.38 bits per heavy atom. The largest absolute Gasteiger partial charge is 0.466 e. The summed E-state index contributed by atoms with van der Waals surface area (Å²) < 4.78 is 5.31. The van der Waals surface area contributed by atoms with Crippen molar-refractivity contribution in [3.8, 4) is 0 Å². The zero-order valence-electron chi connectivity index (χ0n) is 15.3. The quantitative estimate of drug-likeness (QED) is 0.201. The highest BCUT2D eigenvalue weighted by molar-refractivity contribution is 7.80. The van der Waals surface area contributed by atoms with E-state index in [0.717, 1.165) is 31.4 Å². The average Bonchev–Trinajstić information content (AvgIpc) is 3.10. The van der Waals surface area contributed by atoms with Crippen molar-refractivity contribution < 1.29 is 9.53 Å². The van der Waals surface area contributed by atoms with Gasteiger partial charge in [0.2, 0.25) is 0 Å². The second kappa shape index (κ2) is 15.8. The van der Waals surface area contributed by atoms with Crippen LogP contribution in [0.5, 0.6) is 0 Å². The third-order valence-electron chi connectivity index (χ3n) is 4.56. The Kier molecular flexibility index (Phi) is 14.1. The first-order valence-electron chi connectivity index (χ1n) is 9.94. The van der Waals surface area contributed by atoms with Gasteiger partial charge in [-0.15, -0.1) is 0 Å². The smallest absolute Gasteiger partial charge is 0.305 e. The van der Waals surface area contributed by atoms with Crippen molar-refractivity contribution in [1.29, 1.82) is 0 Å². The van der Waals surface area contributed by atoms with Gasteiger partial charge in [0, 0.05) is 6.42 Å². The Bertz CT molecular complexity index is 351. The SMILES string of the molecule is O=C(CCCCC1C=CC=C1)OCCCCCCCCCCCS. The third kappa shape index (κ3) is 12.7. The molecule has 2 nitrogen and oxygen atoms in total. The number of esters is 1. The Morgan fingerprint density at radius 1 is 0.792 bits per heavy atom. The molecule has 0 aromatic rings. The number of rotatable bonds is 16. The lowest BCUT2D eigenvalue weighted by atomic mass is 10.0. The van der Waals surface area contributed by atoms with E-state index < -0.39 is 0 Å². The normalized spacial score (nSPS) is 13.7. The van der Waals surface area contributed by atoms with E-state index in [4.69, 9.17) is 4.74 Å². The van der Waals surface area contributed by atoms with Crippen LogP contribution in [0.25, 0.3) is 0 Å². The van der Waals surface area contributed by atoms with E-state index in [-0.39, 0.29) is 5.97 Å². The zero-order valence-corrected chi connectivity index (χ0v) is 16.2. The van der Waals surface area contributed by atoms with Crippen LogP contribution in [-0.4, -0.2) is 18.3 Å². The molecule has 0 radical (unpaired) electrons. The van der Waals surface area contributed by atoms with E-state index in [9.17, 15) is 4.79 Å². The number of carbonyl (C=O) groups is 1. The summed E-state index contributed by atoms with van der Waals surface area (Å²) >= 11 is 4.23. The van der Waals surface area contributed by atoms with Gasteiger partial charge in [-0.1, -0.05) is 75.7 Å². The van der Waals surface area contributed by atoms with Crippen LogP contribution in [0.1, 0.15) is 83.5 Å². The van der Waals surface area contributed by atoms with Crippen LogP contribution in [0.15, 0.2) is 24.3 Å². The third-order valence-corrected chi connectivity index (χ3v) is 4.88. The van der Waals surface area contributed by atoms with Crippen molar-refractivity contribution in [3.63, 3.8) is 0 Å². The van der Waals surface area contributed by atoms with Crippen LogP contribution in [0.4, 0.5) is 0 Å². The minimum absolute atomic E-state index is 0.0169. The maximum absolute atomic E-state index is 11.6. The van der Waals surface area contributed by atoms with Crippen LogP contribution in [-0.2, 0) is 9.53 Å². The summed E-state index contributed by atoms with van der Waals surface area (Å²) in [5.74, 6) is 1.59. The van der Waals surface area contributed by atoms with Crippen molar-refractivity contribution in [1.82, 2.24) is 0 Å². The maximum Gasteiger partial charge on any atom is 0.305 e. The summed E-state index contributed by atoms with van der Waals surface area (Å²) in [6, 6.07) is 0. The molecule has 0 saturated heterocycles. The lowest BCUT2D eigenvalue weighted by molar-refractivity contribution is -0.143. The first kappa shape index (κ1) is 21.3. The highest BCUT2D eigenvalue weighted by atomic mass is 32.1. The van der Waals surface area contributed by atoms with Crippen molar-refractivity contribution in [3.05, 3.63) is 24.3 Å². The summed E-state index contributed by atoms with van der Waals surface area (Å²) in [6.07, 6.45) is 23.8. The molecule has 0 aliphatic heterocycles. The van der Waals surface area contributed by atoms with Gasteiger partial charge in [0.15, 0.2) is 0 Å². The predicted molar refractivity (Wildman–Crippen MR) is 107 cm³/mol. The zero-order chi connectivity index (χ0) is 17.3. The fraction of sp³-hybridized carbons (Fsp3) is 0.762. The summed E-state index contributed by atoms with van der Waals surface area (Å²) in [5.41, 5.74) is 0. The van der Waals surface area contributed by atoms with Crippen LogP contribution >= 0.6 is 12.6 Å². The van der Waals surface area contributed by atoms with Gasteiger partial charge in [-0.05, 0) is 37.4 Å². The lowest BCUT2D eigenvalue weighted by Gasteiger charge is -2.06. The first-order chi connectivity index (χ1) is 11.8. The molecule has 0 aromatic carbocycles. The fourth-order valence-corrected chi connectivity index (χ4v) is 3.25. The fourth-order valence-electron chi connectivity index (χ4n) is 3.03. The van der Waals surface area contributed by atoms with Gasteiger partial charge < -0.3 is 4.74 Å². The van der Waals surface area contributed by atoms with Crippen molar-refractivity contribution in [2.75, 3.05) is 12.4 Å². The molecule has 0 bridgehead atoms. The minimum Gasteiger partial charge on any atom is -0.466 e. The highest BCUT2D eigenvalue weighted by Gasteiger charge is 2.06. The molecule has 3 heteroatoms. The van der Waals surface area contributed by atoms with Gasteiger partial charge in [0.25, 0.3) is 0 Å². The van der Waals surface area contributed by atoms with E-state index in [1.807, 2.05) is 0 Å². The van der Waals surface area contributed by atoms with Gasteiger partial charge in [-0.25, -0.2) is 0 Å². The first-order valence-corrected chi connectivity index (χ1v) is 10.6. The molecule has 0 atom stereocenters. The number of unbranched alkanes of at least 4 members (excludes halogenated alkanes) is 9. The van der Waals surface area contributed by atoms with Crippen LogP contribution in [0, 0.1) is 5.92 Å². The van der Waals surface area contributed by atoms with Gasteiger partial charge in [-0.3, -0.25) is 4.79 Å². The Labute approximate surface area is 154 Å². The number of allylic oxidation sites excluding steroid dienone is 4. The molecule has 138 valence electrons. The average molecular weight is 353 g/mol. The van der Waals surface area contributed by atoms with E-state index >= 15 is 0 Å². The molecule has 0 saturated carbocycles. The van der Waals surface area contributed by atoms with Gasteiger partial charge in [0.1, 0.15) is 0 Å². The van der Waals surface area contributed by atoms with Crippen molar-refractivity contribution in [2.45, 2.75) is 83.5 Å². The molecule has 0 N–H and O–H groups in total. The van der Waals surface area contributed by atoms with E-state index in [2.05, 4.69) is 36.9 Å². The second-order valence-corrected chi connectivity index (χ2v) is 7.25. The van der Waals surface area contributed by atoms with Gasteiger partial charge in [-0.2, -0.15) is 12.6 Å². The van der Waals surface area contributed by atoms with Gasteiger partial charge in [0.05, 0.1) is 6.61 Å². The second-order valence-electron chi connectivity index (χ2n) is 6.81. The molecule has 1 aliphatic rings. The molecule has 1 rings (SSSR count). The van der Waals surface area contributed by atoms with Crippen LogP contribution < -0.4 is 0 Å². The number of carbonyl (C=O) groups excluding carboxylic acids is 1. The van der Waals surface area contributed by atoms with Crippen LogP contribution in [0.2, 0.25) is 0 Å². The molecule has 0 unspecified atom stereocenters. The minimum atomic E-state index is -0.0169.